The molecule has 0 radical (unpaired) electrons. The van der Waals surface area contributed by atoms with Crippen LogP contribution in [-0.4, -0.2) is 4.98 Å². The maximum atomic E-state index is 13.4. The van der Waals surface area contributed by atoms with Crippen molar-refractivity contribution in [3.8, 4) is 17.2 Å². The highest BCUT2D eigenvalue weighted by atomic mass is 19.4. The van der Waals surface area contributed by atoms with Crippen molar-refractivity contribution in [1.82, 2.24) is 4.98 Å². The van der Waals surface area contributed by atoms with Gasteiger partial charge in [-0.05, 0) is 30.0 Å². The molecule has 2 aromatic rings. The van der Waals surface area contributed by atoms with E-state index in [9.17, 15) is 18.4 Å². The molecule has 0 atom stereocenters. The molecule has 2 N–H and O–H groups in total. The number of hydrogen-bond donors (Lipinski definition) is 1. The van der Waals surface area contributed by atoms with E-state index in [2.05, 4.69) is 4.98 Å². The Morgan fingerprint density at radius 3 is 2.42 bits per heavy atom. The molecule has 0 bridgehead atoms. The molecule has 0 saturated heterocycles. The van der Waals surface area contributed by atoms with Crippen LogP contribution in [0.3, 0.4) is 0 Å². The second kappa shape index (κ2) is 6.91. The molecule has 2 rings (SSSR count). The van der Waals surface area contributed by atoms with Crippen LogP contribution in [0.15, 0.2) is 24.3 Å². The molecule has 0 aliphatic carbocycles. The Morgan fingerprint density at radius 2 is 1.88 bits per heavy atom. The Kier molecular flexibility index (Phi) is 5.13. The molecule has 0 fully saturated rings. The van der Waals surface area contributed by atoms with Crippen LogP contribution in [0, 0.1) is 11.3 Å². The lowest BCUT2D eigenvalue weighted by Crippen LogP contribution is -2.11. The van der Waals surface area contributed by atoms with E-state index in [0.717, 1.165) is 12.5 Å². The fraction of sp³-hybridized carbons (Fsp3) is 0.333. The highest BCUT2D eigenvalue weighted by Crippen LogP contribution is 2.41. The molecular weight excluding hydrogens is 315 g/mol. The van der Waals surface area contributed by atoms with E-state index in [-0.39, 0.29) is 22.5 Å². The van der Waals surface area contributed by atoms with E-state index in [0.29, 0.717) is 24.1 Å². The third-order valence-corrected chi connectivity index (χ3v) is 3.87. The van der Waals surface area contributed by atoms with Crippen molar-refractivity contribution >= 4 is 5.82 Å². The van der Waals surface area contributed by atoms with Gasteiger partial charge < -0.3 is 5.73 Å². The molecule has 0 amide bonds. The minimum absolute atomic E-state index is 0.00315. The van der Waals surface area contributed by atoms with Crippen LogP contribution in [0.2, 0.25) is 0 Å². The van der Waals surface area contributed by atoms with Gasteiger partial charge in [0.1, 0.15) is 17.5 Å². The summed E-state index contributed by atoms with van der Waals surface area (Å²) in [6, 6.07) is 7.20. The summed E-state index contributed by atoms with van der Waals surface area (Å²) in [4.78, 5) is 4.26. The van der Waals surface area contributed by atoms with Crippen molar-refractivity contribution in [2.45, 2.75) is 39.3 Å². The minimum Gasteiger partial charge on any atom is -0.383 e. The van der Waals surface area contributed by atoms with Gasteiger partial charge in [-0.15, -0.1) is 0 Å². The largest absolute Gasteiger partial charge is 0.417 e. The Bertz CT molecular complexity index is 789. The van der Waals surface area contributed by atoms with E-state index in [1.54, 1.807) is 0 Å². The number of alkyl halides is 3. The van der Waals surface area contributed by atoms with Crippen LogP contribution in [0.25, 0.3) is 11.1 Å². The zero-order valence-electron chi connectivity index (χ0n) is 13.5. The number of pyridine rings is 1. The molecule has 0 aliphatic rings. The van der Waals surface area contributed by atoms with E-state index in [4.69, 9.17) is 5.73 Å². The van der Waals surface area contributed by atoms with Gasteiger partial charge in [-0.2, -0.15) is 18.4 Å². The lowest BCUT2D eigenvalue weighted by Gasteiger charge is -2.19. The van der Waals surface area contributed by atoms with Gasteiger partial charge in [0.15, 0.2) is 0 Å². The monoisotopic (exact) mass is 333 g/mol. The highest BCUT2D eigenvalue weighted by molar-refractivity contribution is 5.81. The first-order valence-corrected chi connectivity index (χ1v) is 7.73. The van der Waals surface area contributed by atoms with Crippen molar-refractivity contribution in [1.29, 1.82) is 5.26 Å². The van der Waals surface area contributed by atoms with E-state index >= 15 is 0 Å². The molecule has 126 valence electrons. The van der Waals surface area contributed by atoms with Gasteiger partial charge in [-0.25, -0.2) is 4.98 Å². The number of nitrogen functional groups attached to an aromatic ring is 1. The van der Waals surface area contributed by atoms with Crippen LogP contribution in [0.1, 0.15) is 42.7 Å². The predicted molar refractivity (Wildman–Crippen MR) is 87.2 cm³/mol. The summed E-state index contributed by atoms with van der Waals surface area (Å²) < 4.78 is 40.3. The number of nitrogens with zero attached hydrogens (tertiary/aromatic N) is 2. The summed E-state index contributed by atoms with van der Waals surface area (Å²) in [5, 5.41) is 9.44. The number of anilines is 1. The van der Waals surface area contributed by atoms with E-state index in [1.807, 2.05) is 19.9 Å². The fourth-order valence-electron chi connectivity index (χ4n) is 2.88. The van der Waals surface area contributed by atoms with Crippen LogP contribution in [0.4, 0.5) is 19.0 Å². The van der Waals surface area contributed by atoms with Gasteiger partial charge in [0.2, 0.25) is 0 Å². The molecule has 1 heterocycles. The SMILES string of the molecule is CCCc1nc(N)c(C#N)c(-c2ccccc2C(F)(F)F)c1CC. The summed E-state index contributed by atoms with van der Waals surface area (Å²) in [7, 11) is 0. The number of nitriles is 1. The minimum atomic E-state index is -4.52. The van der Waals surface area contributed by atoms with Crippen LogP contribution < -0.4 is 5.73 Å². The predicted octanol–water partition coefficient (Wildman–Crippen LogP) is 4.74. The number of benzene rings is 1. The van der Waals surface area contributed by atoms with Gasteiger partial charge in [0, 0.05) is 11.3 Å². The van der Waals surface area contributed by atoms with Gasteiger partial charge >= 0.3 is 6.18 Å². The molecule has 0 aliphatic heterocycles. The molecule has 0 unspecified atom stereocenters. The number of aryl methyl sites for hydroxylation is 1. The topological polar surface area (TPSA) is 62.7 Å². The summed E-state index contributed by atoms with van der Waals surface area (Å²) >= 11 is 0. The molecule has 24 heavy (non-hydrogen) atoms. The van der Waals surface area contributed by atoms with Crippen LogP contribution >= 0.6 is 0 Å². The molecule has 1 aromatic carbocycles. The van der Waals surface area contributed by atoms with Crippen LogP contribution in [0.5, 0.6) is 0 Å². The lowest BCUT2D eigenvalue weighted by atomic mass is 9.89. The standard InChI is InChI=1S/C18H18F3N3/c1-3-7-15-11(4-2)16(13(10-22)17(23)24-15)12-8-5-6-9-14(12)18(19,20)21/h5-6,8-9H,3-4,7H2,1-2H3,(H2,23,24). The smallest absolute Gasteiger partial charge is 0.383 e. The first-order chi connectivity index (χ1) is 11.3. The number of nitrogens with two attached hydrogens (primary N) is 1. The van der Waals surface area contributed by atoms with Gasteiger partial charge in [-0.3, -0.25) is 0 Å². The second-order valence-corrected chi connectivity index (χ2v) is 5.43. The molecule has 6 heteroatoms. The Labute approximate surface area is 138 Å². The fourth-order valence-corrected chi connectivity index (χ4v) is 2.88. The van der Waals surface area contributed by atoms with Crippen LogP contribution in [-0.2, 0) is 19.0 Å². The van der Waals surface area contributed by atoms with Gasteiger partial charge in [-0.1, -0.05) is 38.5 Å². The molecule has 3 nitrogen and oxygen atoms in total. The number of hydrogen-bond acceptors (Lipinski definition) is 3. The van der Waals surface area contributed by atoms with E-state index in [1.165, 1.54) is 18.2 Å². The zero-order valence-corrected chi connectivity index (χ0v) is 13.5. The van der Waals surface area contributed by atoms with Crippen molar-refractivity contribution in [2.75, 3.05) is 5.73 Å². The summed E-state index contributed by atoms with van der Waals surface area (Å²) in [6.45, 7) is 3.80. The maximum Gasteiger partial charge on any atom is 0.417 e. The normalized spacial score (nSPS) is 11.3. The Balaban J connectivity index is 2.91. The third kappa shape index (κ3) is 3.21. The highest BCUT2D eigenvalue weighted by Gasteiger charge is 2.35. The summed E-state index contributed by atoms with van der Waals surface area (Å²) in [5.74, 6) is -0.0230. The van der Waals surface area contributed by atoms with Gasteiger partial charge in [0.25, 0.3) is 0 Å². The number of rotatable bonds is 4. The molecule has 1 aromatic heterocycles. The first kappa shape index (κ1) is 17.8. The summed E-state index contributed by atoms with van der Waals surface area (Å²) in [6.07, 6.45) is -2.66. The molecule has 0 saturated carbocycles. The second-order valence-electron chi connectivity index (χ2n) is 5.43. The third-order valence-electron chi connectivity index (χ3n) is 3.87. The Morgan fingerprint density at radius 1 is 1.21 bits per heavy atom. The molecule has 0 spiro atoms. The van der Waals surface area contributed by atoms with Crippen molar-refractivity contribution in [3.05, 3.63) is 46.6 Å². The quantitative estimate of drug-likeness (QED) is 0.879. The van der Waals surface area contributed by atoms with E-state index < -0.39 is 11.7 Å². The van der Waals surface area contributed by atoms with Crippen molar-refractivity contribution < 1.29 is 13.2 Å². The summed E-state index contributed by atoms with van der Waals surface area (Å²) in [5.41, 5.74) is 6.64. The average Bonchev–Trinajstić information content (AvgIpc) is 2.54. The number of halogens is 3. The van der Waals surface area contributed by atoms with Crippen molar-refractivity contribution in [2.24, 2.45) is 0 Å². The van der Waals surface area contributed by atoms with Gasteiger partial charge in [0.05, 0.1) is 5.56 Å². The maximum absolute atomic E-state index is 13.4. The number of aromatic nitrogens is 1. The lowest BCUT2D eigenvalue weighted by molar-refractivity contribution is -0.137. The molecular formula is C18H18F3N3. The first-order valence-electron chi connectivity index (χ1n) is 7.73. The van der Waals surface area contributed by atoms with Crippen molar-refractivity contribution in [3.63, 3.8) is 0 Å². The zero-order chi connectivity index (χ0) is 17.9. The average molecular weight is 333 g/mol. The Hall–Kier alpha value is -2.55.